The third-order valence-electron chi connectivity index (χ3n) is 2.47. The lowest BCUT2D eigenvalue weighted by molar-refractivity contribution is 0.704. The van der Waals surface area contributed by atoms with Gasteiger partial charge >= 0.3 is 0 Å². The number of hydrogen-bond donors (Lipinski definition) is 2. The van der Waals surface area contributed by atoms with E-state index in [0.717, 1.165) is 17.7 Å². The van der Waals surface area contributed by atoms with Crippen LogP contribution in [0.25, 0.3) is 11.1 Å². The summed E-state index contributed by atoms with van der Waals surface area (Å²) in [5, 5.41) is 0. The van der Waals surface area contributed by atoms with Crippen LogP contribution in [0, 0.1) is 0 Å². The molecule has 3 N–H and O–H groups in total. The van der Waals surface area contributed by atoms with E-state index in [0.29, 0.717) is 5.95 Å². The standard InChI is InChI=1S/C12H17N5/c1-9(13)8-17(2)12-15-6-11(7-16-12)10-3-4-14-5-10/h3-7,9,14H,8,13H2,1-2H3. The second-order valence-corrected chi connectivity index (χ2v) is 4.23. The van der Waals surface area contributed by atoms with Gasteiger partial charge in [0.2, 0.25) is 5.95 Å². The number of aromatic nitrogens is 3. The monoisotopic (exact) mass is 231 g/mol. The van der Waals surface area contributed by atoms with Crippen LogP contribution in [0.5, 0.6) is 0 Å². The highest BCUT2D eigenvalue weighted by atomic mass is 15.2. The highest BCUT2D eigenvalue weighted by molar-refractivity contribution is 5.60. The summed E-state index contributed by atoms with van der Waals surface area (Å²) in [6.07, 6.45) is 7.45. The molecule has 1 atom stereocenters. The average molecular weight is 231 g/mol. The predicted octanol–water partition coefficient (Wildman–Crippen LogP) is 1.26. The first kappa shape index (κ1) is 11.6. The molecule has 0 radical (unpaired) electrons. The first-order valence-electron chi connectivity index (χ1n) is 5.58. The Labute approximate surface area is 101 Å². The fourth-order valence-corrected chi connectivity index (χ4v) is 1.68. The summed E-state index contributed by atoms with van der Waals surface area (Å²) in [7, 11) is 1.94. The number of nitrogens with one attached hydrogen (secondary N) is 1. The largest absolute Gasteiger partial charge is 0.367 e. The maximum absolute atomic E-state index is 5.74. The van der Waals surface area contributed by atoms with Gasteiger partial charge in [-0.05, 0) is 13.0 Å². The van der Waals surface area contributed by atoms with Crippen molar-refractivity contribution in [3.63, 3.8) is 0 Å². The van der Waals surface area contributed by atoms with Gasteiger partial charge < -0.3 is 15.6 Å². The number of nitrogens with two attached hydrogens (primary N) is 1. The molecule has 0 fully saturated rings. The summed E-state index contributed by atoms with van der Waals surface area (Å²) in [4.78, 5) is 13.6. The van der Waals surface area contributed by atoms with Gasteiger partial charge in [-0.3, -0.25) is 0 Å². The summed E-state index contributed by atoms with van der Waals surface area (Å²) in [6.45, 7) is 2.70. The first-order chi connectivity index (χ1) is 8.16. The van der Waals surface area contributed by atoms with Gasteiger partial charge in [-0.2, -0.15) is 0 Å². The average Bonchev–Trinajstić information content (AvgIpc) is 2.82. The van der Waals surface area contributed by atoms with Crippen molar-refractivity contribution in [1.29, 1.82) is 0 Å². The molecule has 5 nitrogen and oxygen atoms in total. The minimum Gasteiger partial charge on any atom is -0.367 e. The van der Waals surface area contributed by atoms with Crippen LogP contribution in [-0.2, 0) is 0 Å². The number of H-pyrrole nitrogens is 1. The van der Waals surface area contributed by atoms with Crippen molar-refractivity contribution in [1.82, 2.24) is 15.0 Å². The SMILES string of the molecule is CC(N)CN(C)c1ncc(-c2cc[nH]c2)cn1. The Bertz CT molecular complexity index is 446. The van der Waals surface area contributed by atoms with E-state index in [9.17, 15) is 0 Å². The van der Waals surface area contributed by atoms with Gasteiger partial charge in [0.15, 0.2) is 0 Å². The third kappa shape index (κ3) is 2.82. The number of likely N-dealkylation sites (N-methyl/N-ethyl adjacent to an activating group) is 1. The van der Waals surface area contributed by atoms with Crippen LogP contribution in [0.4, 0.5) is 5.95 Å². The van der Waals surface area contributed by atoms with Crippen molar-refractivity contribution in [3.05, 3.63) is 30.9 Å². The van der Waals surface area contributed by atoms with E-state index in [-0.39, 0.29) is 6.04 Å². The van der Waals surface area contributed by atoms with Gasteiger partial charge in [-0.1, -0.05) is 0 Å². The fraction of sp³-hybridized carbons (Fsp3) is 0.333. The van der Waals surface area contributed by atoms with Crippen LogP contribution in [0.3, 0.4) is 0 Å². The minimum atomic E-state index is 0.105. The molecule has 0 aliphatic heterocycles. The Kier molecular flexibility index (Phi) is 3.39. The number of hydrogen-bond acceptors (Lipinski definition) is 4. The molecule has 5 heteroatoms. The van der Waals surface area contributed by atoms with E-state index in [1.807, 2.05) is 49.7 Å². The molecule has 0 saturated carbocycles. The normalized spacial score (nSPS) is 12.4. The van der Waals surface area contributed by atoms with Crippen molar-refractivity contribution in [3.8, 4) is 11.1 Å². The van der Waals surface area contributed by atoms with Crippen molar-refractivity contribution < 1.29 is 0 Å². The van der Waals surface area contributed by atoms with Crippen molar-refractivity contribution in [2.75, 3.05) is 18.5 Å². The molecule has 2 aromatic rings. The van der Waals surface area contributed by atoms with Crippen LogP contribution >= 0.6 is 0 Å². The van der Waals surface area contributed by atoms with Crippen molar-refractivity contribution >= 4 is 5.95 Å². The van der Waals surface area contributed by atoms with Crippen LogP contribution in [0.2, 0.25) is 0 Å². The first-order valence-corrected chi connectivity index (χ1v) is 5.58. The lowest BCUT2D eigenvalue weighted by Gasteiger charge is -2.18. The molecule has 2 rings (SSSR count). The minimum absolute atomic E-state index is 0.105. The molecule has 0 aliphatic rings. The van der Waals surface area contributed by atoms with E-state index < -0.39 is 0 Å². The topological polar surface area (TPSA) is 70.8 Å². The number of aromatic amines is 1. The molecule has 1 unspecified atom stereocenters. The molecule has 0 aliphatic carbocycles. The maximum atomic E-state index is 5.74. The lowest BCUT2D eigenvalue weighted by atomic mass is 10.2. The molecule has 2 aromatic heterocycles. The molecule has 17 heavy (non-hydrogen) atoms. The number of anilines is 1. The zero-order valence-electron chi connectivity index (χ0n) is 10.1. The smallest absolute Gasteiger partial charge is 0.225 e. The van der Waals surface area contributed by atoms with Gasteiger partial charge in [-0.15, -0.1) is 0 Å². The molecule has 90 valence electrons. The molecular weight excluding hydrogens is 214 g/mol. The van der Waals surface area contributed by atoms with Gasteiger partial charge in [0.05, 0.1) is 0 Å². The molecule has 2 heterocycles. The number of nitrogens with zero attached hydrogens (tertiary/aromatic N) is 3. The highest BCUT2D eigenvalue weighted by Crippen LogP contribution is 2.17. The van der Waals surface area contributed by atoms with Crippen LogP contribution in [-0.4, -0.2) is 34.6 Å². The highest BCUT2D eigenvalue weighted by Gasteiger charge is 2.07. The molecular formula is C12H17N5. The quantitative estimate of drug-likeness (QED) is 0.831. The van der Waals surface area contributed by atoms with Crippen molar-refractivity contribution in [2.45, 2.75) is 13.0 Å². The van der Waals surface area contributed by atoms with E-state index in [2.05, 4.69) is 15.0 Å². The van der Waals surface area contributed by atoms with Gasteiger partial charge in [-0.25, -0.2) is 9.97 Å². The Morgan fingerprint density at radius 2 is 2.06 bits per heavy atom. The second-order valence-electron chi connectivity index (χ2n) is 4.23. The van der Waals surface area contributed by atoms with Gasteiger partial charge in [0.25, 0.3) is 0 Å². The second kappa shape index (κ2) is 4.97. The Morgan fingerprint density at radius 3 is 2.59 bits per heavy atom. The molecule has 0 aromatic carbocycles. The summed E-state index contributed by atoms with van der Waals surface area (Å²) in [5.74, 6) is 0.696. The maximum Gasteiger partial charge on any atom is 0.225 e. The third-order valence-corrected chi connectivity index (χ3v) is 2.47. The molecule has 0 saturated heterocycles. The van der Waals surface area contributed by atoms with Gasteiger partial charge in [0, 0.05) is 55.5 Å². The lowest BCUT2D eigenvalue weighted by Crippen LogP contribution is -2.33. The molecule has 0 spiro atoms. The number of rotatable bonds is 4. The zero-order chi connectivity index (χ0) is 12.3. The molecule has 0 bridgehead atoms. The van der Waals surface area contributed by atoms with Crippen LogP contribution in [0.1, 0.15) is 6.92 Å². The van der Waals surface area contributed by atoms with E-state index in [4.69, 9.17) is 5.73 Å². The van der Waals surface area contributed by atoms with Crippen LogP contribution < -0.4 is 10.6 Å². The zero-order valence-corrected chi connectivity index (χ0v) is 10.1. The Balaban J connectivity index is 2.13. The summed E-state index contributed by atoms with van der Waals surface area (Å²) in [6, 6.07) is 2.09. The fourth-order valence-electron chi connectivity index (χ4n) is 1.68. The van der Waals surface area contributed by atoms with E-state index in [1.165, 1.54) is 0 Å². The molecule has 0 amide bonds. The summed E-state index contributed by atoms with van der Waals surface area (Å²) in [5.41, 5.74) is 7.83. The summed E-state index contributed by atoms with van der Waals surface area (Å²) >= 11 is 0. The van der Waals surface area contributed by atoms with E-state index in [1.54, 1.807) is 0 Å². The van der Waals surface area contributed by atoms with E-state index >= 15 is 0 Å². The Morgan fingerprint density at radius 1 is 1.35 bits per heavy atom. The van der Waals surface area contributed by atoms with Crippen molar-refractivity contribution in [2.24, 2.45) is 5.73 Å². The van der Waals surface area contributed by atoms with Gasteiger partial charge in [0.1, 0.15) is 0 Å². The van der Waals surface area contributed by atoms with Crippen LogP contribution in [0.15, 0.2) is 30.9 Å². The predicted molar refractivity (Wildman–Crippen MR) is 68.7 cm³/mol. The summed E-state index contributed by atoms with van der Waals surface area (Å²) < 4.78 is 0. The Hall–Kier alpha value is -1.88.